The Morgan fingerprint density at radius 2 is 2.06 bits per heavy atom. The molecule has 0 amide bonds. The fourth-order valence-electron chi connectivity index (χ4n) is 2.05. The van der Waals surface area contributed by atoms with Gasteiger partial charge in [-0.15, -0.1) is 0 Å². The molecule has 1 N–H and O–H groups in total. The number of hydrogen-bond donors (Lipinski definition) is 1. The molecule has 0 unspecified atom stereocenters. The van der Waals surface area contributed by atoms with Crippen molar-refractivity contribution < 1.29 is 4.74 Å². The first kappa shape index (κ1) is 11.4. The van der Waals surface area contributed by atoms with E-state index in [1.54, 1.807) is 0 Å². The van der Waals surface area contributed by atoms with Crippen LogP contribution in [0.2, 0.25) is 0 Å². The molecule has 0 radical (unpaired) electrons. The zero-order valence-corrected chi connectivity index (χ0v) is 9.91. The minimum Gasteiger partial charge on any atom is -0.378 e. The summed E-state index contributed by atoms with van der Waals surface area (Å²) in [6.07, 6.45) is 10.0. The number of morpholine rings is 1. The number of likely N-dealkylation sites (N-methyl/N-ethyl adjacent to an activating group) is 1. The molecule has 0 bridgehead atoms. The van der Waals surface area contributed by atoms with E-state index in [2.05, 4.69) is 34.5 Å². The van der Waals surface area contributed by atoms with Gasteiger partial charge < -0.3 is 15.0 Å². The van der Waals surface area contributed by atoms with E-state index < -0.39 is 0 Å². The SMILES string of the molecule is CNCC1=CCC=C(N2CCOCC2)C=C1. The van der Waals surface area contributed by atoms with Crippen LogP contribution in [0.4, 0.5) is 0 Å². The van der Waals surface area contributed by atoms with Crippen molar-refractivity contribution >= 4 is 0 Å². The lowest BCUT2D eigenvalue weighted by Gasteiger charge is -2.29. The maximum atomic E-state index is 5.37. The number of ether oxygens (including phenoxy) is 1. The zero-order chi connectivity index (χ0) is 11.2. The second-order valence-corrected chi connectivity index (χ2v) is 4.11. The first-order valence-corrected chi connectivity index (χ1v) is 5.95. The highest BCUT2D eigenvalue weighted by Crippen LogP contribution is 2.15. The second kappa shape index (κ2) is 5.87. The van der Waals surface area contributed by atoms with Crippen molar-refractivity contribution in [2.24, 2.45) is 0 Å². The summed E-state index contributed by atoms with van der Waals surface area (Å²) in [7, 11) is 1.98. The van der Waals surface area contributed by atoms with E-state index in [1.165, 1.54) is 11.3 Å². The lowest BCUT2D eigenvalue weighted by molar-refractivity contribution is 0.0553. The van der Waals surface area contributed by atoms with Crippen LogP contribution < -0.4 is 5.32 Å². The Bertz CT molecular complexity index is 312. The minimum atomic E-state index is 0.849. The normalized spacial score (nSPS) is 21.4. The van der Waals surface area contributed by atoms with Crippen LogP contribution in [0.15, 0.2) is 35.6 Å². The van der Waals surface area contributed by atoms with Crippen molar-refractivity contribution in [3.63, 3.8) is 0 Å². The predicted octanol–water partition coefficient (Wildman–Crippen LogP) is 1.31. The quantitative estimate of drug-likeness (QED) is 0.776. The third kappa shape index (κ3) is 2.97. The van der Waals surface area contributed by atoms with Crippen LogP contribution in [0, 0.1) is 0 Å². The molecular formula is C13H20N2O. The van der Waals surface area contributed by atoms with Crippen LogP contribution in [-0.4, -0.2) is 44.8 Å². The Labute approximate surface area is 97.5 Å². The highest BCUT2D eigenvalue weighted by Gasteiger charge is 2.12. The minimum absolute atomic E-state index is 0.849. The molecule has 0 saturated carbocycles. The van der Waals surface area contributed by atoms with Crippen molar-refractivity contribution in [2.45, 2.75) is 6.42 Å². The van der Waals surface area contributed by atoms with Crippen LogP contribution in [0.3, 0.4) is 0 Å². The highest BCUT2D eigenvalue weighted by atomic mass is 16.5. The van der Waals surface area contributed by atoms with Gasteiger partial charge in [-0.3, -0.25) is 0 Å². The molecule has 3 heteroatoms. The molecule has 1 aliphatic heterocycles. The monoisotopic (exact) mass is 220 g/mol. The van der Waals surface area contributed by atoms with Crippen molar-refractivity contribution in [1.29, 1.82) is 0 Å². The molecule has 0 atom stereocenters. The lowest BCUT2D eigenvalue weighted by Crippen LogP contribution is -2.35. The Morgan fingerprint density at radius 1 is 1.25 bits per heavy atom. The molecule has 16 heavy (non-hydrogen) atoms. The molecule has 0 aromatic carbocycles. The summed E-state index contributed by atoms with van der Waals surface area (Å²) in [4.78, 5) is 2.40. The molecule has 2 rings (SSSR count). The summed E-state index contributed by atoms with van der Waals surface area (Å²) in [6, 6.07) is 0. The first-order chi connectivity index (χ1) is 7.90. The number of hydrogen-bond acceptors (Lipinski definition) is 3. The Morgan fingerprint density at radius 3 is 2.81 bits per heavy atom. The largest absolute Gasteiger partial charge is 0.378 e. The summed E-state index contributed by atoms with van der Waals surface area (Å²) >= 11 is 0. The predicted molar refractivity (Wildman–Crippen MR) is 66.2 cm³/mol. The molecule has 0 spiro atoms. The Kier molecular flexibility index (Phi) is 4.19. The number of allylic oxidation sites excluding steroid dienone is 3. The smallest absolute Gasteiger partial charge is 0.0642 e. The van der Waals surface area contributed by atoms with Gasteiger partial charge in [-0.25, -0.2) is 0 Å². The van der Waals surface area contributed by atoms with E-state index in [-0.39, 0.29) is 0 Å². The maximum Gasteiger partial charge on any atom is 0.0642 e. The summed E-state index contributed by atoms with van der Waals surface area (Å²) in [5, 5.41) is 3.18. The van der Waals surface area contributed by atoms with E-state index >= 15 is 0 Å². The van der Waals surface area contributed by atoms with Crippen LogP contribution in [0.1, 0.15) is 6.42 Å². The molecule has 0 aromatic heterocycles. The molecule has 3 nitrogen and oxygen atoms in total. The molecule has 2 aliphatic rings. The number of nitrogens with zero attached hydrogens (tertiary/aromatic N) is 1. The van der Waals surface area contributed by atoms with Crippen LogP contribution in [-0.2, 0) is 4.74 Å². The molecular weight excluding hydrogens is 200 g/mol. The number of rotatable bonds is 3. The van der Waals surface area contributed by atoms with Crippen LogP contribution in [0.25, 0.3) is 0 Å². The van der Waals surface area contributed by atoms with Crippen molar-refractivity contribution in [3.8, 4) is 0 Å². The fraction of sp³-hybridized carbons (Fsp3) is 0.538. The van der Waals surface area contributed by atoms with Gasteiger partial charge in [0, 0.05) is 25.3 Å². The van der Waals surface area contributed by atoms with Gasteiger partial charge in [0.15, 0.2) is 0 Å². The van der Waals surface area contributed by atoms with E-state index in [9.17, 15) is 0 Å². The van der Waals surface area contributed by atoms with E-state index in [0.29, 0.717) is 0 Å². The van der Waals surface area contributed by atoms with Gasteiger partial charge in [0.05, 0.1) is 13.2 Å². The molecule has 1 saturated heterocycles. The average molecular weight is 220 g/mol. The van der Waals surface area contributed by atoms with Crippen molar-refractivity contribution in [2.75, 3.05) is 39.9 Å². The van der Waals surface area contributed by atoms with Crippen LogP contribution >= 0.6 is 0 Å². The molecule has 1 aliphatic carbocycles. The lowest BCUT2D eigenvalue weighted by atomic mass is 10.2. The Hall–Kier alpha value is -1.06. The third-order valence-corrected chi connectivity index (χ3v) is 2.93. The standard InChI is InChI=1S/C13H20N2O/c1-14-11-12-3-2-4-13(6-5-12)15-7-9-16-10-8-15/h3-6,14H,2,7-11H2,1H3. The van der Waals surface area contributed by atoms with Crippen molar-refractivity contribution in [1.82, 2.24) is 10.2 Å². The van der Waals surface area contributed by atoms with Gasteiger partial charge in [-0.05, 0) is 25.1 Å². The van der Waals surface area contributed by atoms with Crippen LogP contribution in [0.5, 0.6) is 0 Å². The summed E-state index contributed by atoms with van der Waals surface area (Å²) in [6.45, 7) is 4.67. The van der Waals surface area contributed by atoms with Crippen molar-refractivity contribution in [3.05, 3.63) is 35.6 Å². The van der Waals surface area contributed by atoms with E-state index in [0.717, 1.165) is 39.3 Å². The third-order valence-electron chi connectivity index (χ3n) is 2.93. The van der Waals surface area contributed by atoms with Gasteiger partial charge in [-0.1, -0.05) is 18.2 Å². The fourth-order valence-corrected chi connectivity index (χ4v) is 2.05. The summed E-state index contributed by atoms with van der Waals surface area (Å²) in [5.41, 5.74) is 2.70. The van der Waals surface area contributed by atoms with Gasteiger partial charge in [0.25, 0.3) is 0 Å². The van der Waals surface area contributed by atoms with Gasteiger partial charge in [0.2, 0.25) is 0 Å². The van der Waals surface area contributed by atoms with E-state index in [4.69, 9.17) is 4.74 Å². The molecule has 1 fully saturated rings. The maximum absolute atomic E-state index is 5.37. The van der Waals surface area contributed by atoms with E-state index in [1.807, 2.05) is 7.05 Å². The van der Waals surface area contributed by atoms with Gasteiger partial charge in [0.1, 0.15) is 0 Å². The van der Waals surface area contributed by atoms with Gasteiger partial charge in [-0.2, -0.15) is 0 Å². The topological polar surface area (TPSA) is 24.5 Å². The molecule has 0 aromatic rings. The Balaban J connectivity index is 1.97. The molecule has 88 valence electrons. The number of nitrogens with one attached hydrogen (secondary N) is 1. The zero-order valence-electron chi connectivity index (χ0n) is 9.91. The second-order valence-electron chi connectivity index (χ2n) is 4.11. The molecule has 1 heterocycles. The average Bonchev–Trinajstić information content (AvgIpc) is 2.57. The summed E-state index contributed by atoms with van der Waals surface area (Å²) in [5.74, 6) is 0. The summed E-state index contributed by atoms with van der Waals surface area (Å²) < 4.78 is 5.37. The first-order valence-electron chi connectivity index (χ1n) is 5.95. The highest BCUT2D eigenvalue weighted by molar-refractivity contribution is 5.32. The van der Waals surface area contributed by atoms with Gasteiger partial charge >= 0.3 is 0 Å².